The number of hydrogen-bond donors (Lipinski definition) is 0. The van der Waals surface area contributed by atoms with Crippen molar-refractivity contribution in [2.24, 2.45) is 0 Å². The predicted molar refractivity (Wildman–Crippen MR) is 97.6 cm³/mol. The number of hydrogen-bond acceptors (Lipinski definition) is 3. The van der Waals surface area contributed by atoms with Crippen LogP contribution in [0.5, 0.6) is 0 Å². The Kier molecular flexibility index (Phi) is 3.74. The summed E-state index contributed by atoms with van der Waals surface area (Å²) in [6, 6.07) is 21.3. The van der Waals surface area contributed by atoms with Gasteiger partial charge in [0.2, 0.25) is 0 Å². The fraction of sp³-hybridized carbons (Fsp3) is 0.0500. The van der Waals surface area contributed by atoms with Crippen LogP contribution in [-0.2, 0) is 0 Å². The van der Waals surface area contributed by atoms with E-state index in [4.69, 9.17) is 0 Å². The van der Waals surface area contributed by atoms with E-state index in [-0.39, 0.29) is 5.91 Å². The van der Waals surface area contributed by atoms with E-state index < -0.39 is 0 Å². The molecular formula is C20H16N4O. The van der Waals surface area contributed by atoms with Crippen LogP contribution in [-0.4, -0.2) is 27.6 Å². The molecule has 0 unspecified atom stereocenters. The summed E-state index contributed by atoms with van der Waals surface area (Å²) in [6.07, 6.45) is 3.29. The molecule has 0 N–H and O–H groups in total. The highest BCUT2D eigenvalue weighted by Gasteiger charge is 2.20. The second-order valence-electron chi connectivity index (χ2n) is 5.69. The lowest BCUT2D eigenvalue weighted by atomic mass is 10.1. The zero-order valence-electron chi connectivity index (χ0n) is 13.7. The third-order valence-corrected chi connectivity index (χ3v) is 4.15. The fourth-order valence-corrected chi connectivity index (χ4v) is 2.82. The van der Waals surface area contributed by atoms with Crippen molar-refractivity contribution in [3.8, 4) is 11.3 Å². The van der Waals surface area contributed by atoms with E-state index in [0.717, 1.165) is 16.9 Å². The van der Waals surface area contributed by atoms with Crippen LogP contribution >= 0.6 is 0 Å². The number of para-hydroxylation sites is 1. The van der Waals surface area contributed by atoms with Crippen molar-refractivity contribution in [1.82, 2.24) is 14.6 Å². The first-order chi connectivity index (χ1) is 12.3. The van der Waals surface area contributed by atoms with Gasteiger partial charge in [-0.25, -0.2) is 9.50 Å². The van der Waals surface area contributed by atoms with Gasteiger partial charge in [0.1, 0.15) is 5.56 Å². The SMILES string of the molecule is CN(C(=O)c1cnn2c(-c3ccccc3)ccnc12)c1ccccc1. The maximum atomic E-state index is 12.9. The normalized spacial score (nSPS) is 10.8. The Hall–Kier alpha value is -3.47. The molecule has 122 valence electrons. The van der Waals surface area contributed by atoms with Crippen LogP contribution in [0.15, 0.2) is 79.1 Å². The summed E-state index contributed by atoms with van der Waals surface area (Å²) in [4.78, 5) is 18.9. The number of carbonyl (C=O) groups excluding carboxylic acids is 1. The largest absolute Gasteiger partial charge is 0.311 e. The van der Waals surface area contributed by atoms with Gasteiger partial charge in [0.25, 0.3) is 5.91 Å². The minimum absolute atomic E-state index is 0.140. The topological polar surface area (TPSA) is 50.5 Å². The third-order valence-electron chi connectivity index (χ3n) is 4.15. The summed E-state index contributed by atoms with van der Waals surface area (Å²) in [5.41, 5.74) is 3.77. The quantitative estimate of drug-likeness (QED) is 0.576. The Morgan fingerprint density at radius 2 is 1.64 bits per heavy atom. The van der Waals surface area contributed by atoms with Crippen LogP contribution in [0.2, 0.25) is 0 Å². The molecule has 0 aliphatic carbocycles. The number of amides is 1. The smallest absolute Gasteiger partial charge is 0.263 e. The van der Waals surface area contributed by atoms with Crippen molar-refractivity contribution in [3.63, 3.8) is 0 Å². The molecule has 5 nitrogen and oxygen atoms in total. The van der Waals surface area contributed by atoms with Crippen LogP contribution in [0.1, 0.15) is 10.4 Å². The summed E-state index contributed by atoms with van der Waals surface area (Å²) in [5, 5.41) is 4.40. The molecule has 0 radical (unpaired) electrons. The van der Waals surface area contributed by atoms with Crippen LogP contribution < -0.4 is 4.90 Å². The van der Waals surface area contributed by atoms with E-state index in [9.17, 15) is 4.79 Å². The average Bonchev–Trinajstić information content (AvgIpc) is 3.12. The summed E-state index contributed by atoms with van der Waals surface area (Å²) >= 11 is 0. The van der Waals surface area contributed by atoms with E-state index in [1.165, 1.54) is 0 Å². The van der Waals surface area contributed by atoms with Gasteiger partial charge in [-0.1, -0.05) is 48.5 Å². The van der Waals surface area contributed by atoms with Crippen molar-refractivity contribution >= 4 is 17.2 Å². The van der Waals surface area contributed by atoms with Crippen molar-refractivity contribution in [1.29, 1.82) is 0 Å². The molecule has 2 aromatic carbocycles. The Bertz CT molecular complexity index is 1030. The minimum Gasteiger partial charge on any atom is -0.311 e. The van der Waals surface area contributed by atoms with E-state index >= 15 is 0 Å². The molecule has 0 aliphatic heterocycles. The van der Waals surface area contributed by atoms with E-state index in [0.29, 0.717) is 11.2 Å². The highest BCUT2D eigenvalue weighted by Crippen LogP contribution is 2.22. The molecule has 1 amide bonds. The van der Waals surface area contributed by atoms with Gasteiger partial charge in [0.15, 0.2) is 5.65 Å². The fourth-order valence-electron chi connectivity index (χ4n) is 2.82. The van der Waals surface area contributed by atoms with E-state index in [2.05, 4.69) is 10.1 Å². The van der Waals surface area contributed by atoms with E-state index in [1.807, 2.05) is 66.7 Å². The van der Waals surface area contributed by atoms with Gasteiger partial charge < -0.3 is 4.90 Å². The minimum atomic E-state index is -0.140. The zero-order valence-corrected chi connectivity index (χ0v) is 13.7. The van der Waals surface area contributed by atoms with Crippen molar-refractivity contribution in [3.05, 3.63) is 84.7 Å². The molecule has 4 aromatic rings. The molecule has 0 atom stereocenters. The van der Waals surface area contributed by atoms with Crippen LogP contribution in [0.3, 0.4) is 0 Å². The Labute approximate surface area is 145 Å². The number of fused-ring (bicyclic) bond motifs is 1. The summed E-state index contributed by atoms with van der Waals surface area (Å²) < 4.78 is 1.71. The maximum absolute atomic E-state index is 12.9. The van der Waals surface area contributed by atoms with Gasteiger partial charge in [-0.15, -0.1) is 0 Å². The first kappa shape index (κ1) is 15.1. The monoisotopic (exact) mass is 328 g/mol. The Balaban J connectivity index is 1.78. The van der Waals surface area contributed by atoms with Gasteiger partial charge in [-0.2, -0.15) is 5.10 Å². The predicted octanol–water partition coefficient (Wildman–Crippen LogP) is 3.67. The molecular weight excluding hydrogens is 312 g/mol. The average molecular weight is 328 g/mol. The molecule has 2 aromatic heterocycles. The second kappa shape index (κ2) is 6.20. The maximum Gasteiger partial charge on any atom is 0.263 e. The lowest BCUT2D eigenvalue weighted by Gasteiger charge is -2.16. The third kappa shape index (κ3) is 2.65. The molecule has 5 heteroatoms. The van der Waals surface area contributed by atoms with Crippen molar-refractivity contribution in [2.45, 2.75) is 0 Å². The molecule has 25 heavy (non-hydrogen) atoms. The molecule has 0 spiro atoms. The van der Waals surface area contributed by atoms with Crippen molar-refractivity contribution < 1.29 is 4.79 Å². The molecule has 0 saturated carbocycles. The molecule has 0 saturated heterocycles. The zero-order chi connectivity index (χ0) is 17.2. The standard InChI is InChI=1S/C20H16N4O/c1-23(16-10-6-3-7-11-16)20(25)17-14-22-24-18(12-13-21-19(17)24)15-8-4-2-5-9-15/h2-14H,1H3. The number of rotatable bonds is 3. The number of nitrogens with zero attached hydrogens (tertiary/aromatic N) is 4. The lowest BCUT2D eigenvalue weighted by Crippen LogP contribution is -2.26. The lowest BCUT2D eigenvalue weighted by molar-refractivity contribution is 0.0994. The van der Waals surface area contributed by atoms with Crippen molar-refractivity contribution in [2.75, 3.05) is 11.9 Å². The Morgan fingerprint density at radius 1 is 0.960 bits per heavy atom. The second-order valence-corrected chi connectivity index (χ2v) is 5.69. The van der Waals surface area contributed by atoms with Gasteiger partial charge in [-0.3, -0.25) is 4.79 Å². The number of benzene rings is 2. The first-order valence-electron chi connectivity index (χ1n) is 7.97. The van der Waals surface area contributed by atoms with Crippen LogP contribution in [0, 0.1) is 0 Å². The highest BCUT2D eigenvalue weighted by atomic mass is 16.2. The molecule has 4 rings (SSSR count). The number of carbonyl (C=O) groups is 1. The molecule has 0 bridgehead atoms. The Morgan fingerprint density at radius 3 is 2.36 bits per heavy atom. The van der Waals surface area contributed by atoms with Gasteiger partial charge in [-0.05, 0) is 18.2 Å². The molecule has 2 heterocycles. The van der Waals surface area contributed by atoms with Crippen LogP contribution in [0.4, 0.5) is 5.69 Å². The van der Waals surface area contributed by atoms with Gasteiger partial charge >= 0.3 is 0 Å². The van der Waals surface area contributed by atoms with Crippen LogP contribution in [0.25, 0.3) is 16.9 Å². The summed E-state index contributed by atoms with van der Waals surface area (Å²) in [5.74, 6) is -0.140. The first-order valence-corrected chi connectivity index (χ1v) is 7.97. The number of aromatic nitrogens is 3. The number of anilines is 1. The van der Waals surface area contributed by atoms with Gasteiger partial charge in [0, 0.05) is 24.5 Å². The van der Waals surface area contributed by atoms with E-state index in [1.54, 1.807) is 28.9 Å². The van der Waals surface area contributed by atoms with Gasteiger partial charge in [0.05, 0.1) is 11.9 Å². The summed E-state index contributed by atoms with van der Waals surface area (Å²) in [7, 11) is 1.75. The molecule has 0 fully saturated rings. The summed E-state index contributed by atoms with van der Waals surface area (Å²) in [6.45, 7) is 0. The molecule has 0 aliphatic rings. The highest BCUT2D eigenvalue weighted by molar-refractivity contribution is 6.09.